The number of nitrogens with one attached hydrogen (secondary N) is 2. The van der Waals surface area contributed by atoms with E-state index in [2.05, 4.69) is 42.5 Å². The molecule has 102 valence electrons. The van der Waals surface area contributed by atoms with Gasteiger partial charge in [-0.25, -0.2) is 4.98 Å². The minimum atomic E-state index is 0.388. The zero-order valence-corrected chi connectivity index (χ0v) is 13.1. The Labute approximate surface area is 123 Å². The van der Waals surface area contributed by atoms with Crippen LogP contribution in [-0.2, 0) is 6.42 Å². The fourth-order valence-electron chi connectivity index (χ4n) is 1.69. The number of hydrogen-bond donors (Lipinski definition) is 2. The number of nitrogens with zero attached hydrogens (tertiary/aromatic N) is 1. The number of rotatable bonds is 4. The summed E-state index contributed by atoms with van der Waals surface area (Å²) in [4.78, 5) is 4.56. The van der Waals surface area contributed by atoms with Gasteiger partial charge < -0.3 is 10.6 Å². The summed E-state index contributed by atoms with van der Waals surface area (Å²) in [5.41, 5.74) is 2.08. The van der Waals surface area contributed by atoms with Gasteiger partial charge in [-0.15, -0.1) is 11.3 Å². The van der Waals surface area contributed by atoms with Crippen molar-refractivity contribution < 1.29 is 0 Å². The first-order chi connectivity index (χ1) is 9.12. The van der Waals surface area contributed by atoms with Crippen molar-refractivity contribution in [2.75, 3.05) is 5.32 Å². The van der Waals surface area contributed by atoms with Crippen LogP contribution in [0, 0.1) is 0 Å². The van der Waals surface area contributed by atoms with Gasteiger partial charge in [-0.2, -0.15) is 0 Å². The van der Waals surface area contributed by atoms with Crippen molar-refractivity contribution in [2.45, 2.75) is 39.7 Å². The molecule has 1 heterocycles. The van der Waals surface area contributed by atoms with E-state index >= 15 is 0 Å². The lowest BCUT2D eigenvalue weighted by Gasteiger charge is -2.15. The second-order valence-electron chi connectivity index (χ2n) is 4.55. The van der Waals surface area contributed by atoms with Gasteiger partial charge in [0.15, 0.2) is 5.11 Å². The average molecular weight is 293 g/mol. The first kappa shape index (κ1) is 14.2. The number of aromatic nitrogens is 1. The summed E-state index contributed by atoms with van der Waals surface area (Å²) in [7, 11) is 0. The van der Waals surface area contributed by atoms with E-state index in [1.165, 1.54) is 9.71 Å². The van der Waals surface area contributed by atoms with E-state index < -0.39 is 0 Å². The summed E-state index contributed by atoms with van der Waals surface area (Å²) in [6.45, 7) is 6.38. The molecular weight excluding hydrogens is 274 g/mol. The highest BCUT2D eigenvalue weighted by molar-refractivity contribution is 7.80. The molecule has 1 unspecified atom stereocenters. The van der Waals surface area contributed by atoms with E-state index in [1.54, 1.807) is 11.3 Å². The second-order valence-corrected chi connectivity index (χ2v) is 6.07. The molecular formula is C14H19N3S2. The van der Waals surface area contributed by atoms with Gasteiger partial charge in [0.2, 0.25) is 0 Å². The molecule has 0 amide bonds. The minimum absolute atomic E-state index is 0.388. The largest absolute Gasteiger partial charge is 0.360 e. The predicted molar refractivity (Wildman–Crippen MR) is 88.1 cm³/mol. The van der Waals surface area contributed by atoms with Crippen molar-refractivity contribution >= 4 is 44.6 Å². The molecule has 0 radical (unpaired) electrons. The summed E-state index contributed by atoms with van der Waals surface area (Å²) in [5.74, 6) is 0. The highest BCUT2D eigenvalue weighted by atomic mass is 32.1. The zero-order valence-electron chi connectivity index (χ0n) is 11.5. The average Bonchev–Trinajstić information content (AvgIpc) is 2.80. The maximum Gasteiger partial charge on any atom is 0.170 e. The monoisotopic (exact) mass is 293 g/mol. The number of fused-ring (bicyclic) bond motifs is 1. The number of thiocarbonyl (C=S) groups is 1. The topological polar surface area (TPSA) is 37.0 Å². The molecule has 1 atom stereocenters. The lowest BCUT2D eigenvalue weighted by Crippen LogP contribution is -2.35. The number of aryl methyl sites for hydroxylation is 1. The second kappa shape index (κ2) is 6.30. The molecule has 0 aliphatic heterocycles. The van der Waals surface area contributed by atoms with Gasteiger partial charge in [-0.1, -0.05) is 13.8 Å². The van der Waals surface area contributed by atoms with E-state index in [9.17, 15) is 0 Å². The molecule has 0 bridgehead atoms. The molecule has 0 saturated carbocycles. The van der Waals surface area contributed by atoms with Crippen molar-refractivity contribution in [1.82, 2.24) is 10.3 Å². The molecule has 2 N–H and O–H groups in total. The van der Waals surface area contributed by atoms with Crippen LogP contribution in [0.15, 0.2) is 18.2 Å². The van der Waals surface area contributed by atoms with Crippen LogP contribution in [0.1, 0.15) is 32.2 Å². The Bertz CT molecular complexity index is 577. The van der Waals surface area contributed by atoms with Crippen molar-refractivity contribution in [1.29, 1.82) is 0 Å². The molecule has 0 fully saturated rings. The summed E-state index contributed by atoms with van der Waals surface area (Å²) in [6.07, 6.45) is 2.03. The quantitative estimate of drug-likeness (QED) is 0.837. The van der Waals surface area contributed by atoms with E-state index in [-0.39, 0.29) is 0 Å². The fourth-order valence-corrected chi connectivity index (χ4v) is 2.96. The van der Waals surface area contributed by atoms with E-state index in [0.29, 0.717) is 11.2 Å². The molecule has 19 heavy (non-hydrogen) atoms. The molecule has 0 aliphatic carbocycles. The molecule has 0 spiro atoms. The third-order valence-corrected chi connectivity index (χ3v) is 4.37. The van der Waals surface area contributed by atoms with Gasteiger partial charge in [0.1, 0.15) is 0 Å². The van der Waals surface area contributed by atoms with Gasteiger partial charge in [0, 0.05) is 11.7 Å². The fraction of sp³-hybridized carbons (Fsp3) is 0.429. The maximum atomic E-state index is 5.29. The first-order valence-corrected chi connectivity index (χ1v) is 7.81. The summed E-state index contributed by atoms with van der Waals surface area (Å²) in [5, 5.41) is 8.32. The van der Waals surface area contributed by atoms with Crippen molar-refractivity contribution in [2.24, 2.45) is 0 Å². The van der Waals surface area contributed by atoms with Crippen molar-refractivity contribution in [3.63, 3.8) is 0 Å². The number of benzene rings is 1. The lowest BCUT2D eigenvalue weighted by molar-refractivity contribution is 0.646. The first-order valence-electron chi connectivity index (χ1n) is 6.59. The molecule has 3 nitrogen and oxygen atoms in total. The number of hydrogen-bond acceptors (Lipinski definition) is 3. The van der Waals surface area contributed by atoms with Crippen LogP contribution in [-0.4, -0.2) is 16.1 Å². The van der Waals surface area contributed by atoms with Crippen LogP contribution in [0.25, 0.3) is 10.2 Å². The van der Waals surface area contributed by atoms with E-state index in [1.807, 2.05) is 12.1 Å². The Balaban J connectivity index is 2.10. The third-order valence-electron chi connectivity index (χ3n) is 2.98. The highest BCUT2D eigenvalue weighted by Crippen LogP contribution is 2.25. The van der Waals surface area contributed by atoms with Crippen molar-refractivity contribution in [3.8, 4) is 0 Å². The molecule has 1 aromatic carbocycles. The van der Waals surface area contributed by atoms with Crippen LogP contribution < -0.4 is 10.6 Å². The molecule has 2 rings (SSSR count). The molecule has 5 heteroatoms. The molecule has 0 saturated heterocycles. The lowest BCUT2D eigenvalue weighted by atomic mass is 10.3. The van der Waals surface area contributed by atoms with Crippen molar-refractivity contribution in [3.05, 3.63) is 23.2 Å². The predicted octanol–water partition coefficient (Wildman–Crippen LogP) is 3.94. The van der Waals surface area contributed by atoms with Gasteiger partial charge in [0.05, 0.1) is 15.2 Å². The number of anilines is 1. The molecule has 0 aliphatic rings. The SMILES string of the molecule is CCc1nc2ccc(NC(=S)NC(C)CC)cc2s1. The van der Waals surface area contributed by atoms with Crippen LogP contribution in [0.5, 0.6) is 0 Å². The van der Waals surface area contributed by atoms with Gasteiger partial charge in [-0.3, -0.25) is 0 Å². The van der Waals surface area contributed by atoms with Gasteiger partial charge in [-0.05, 0) is 50.2 Å². The normalized spacial score (nSPS) is 12.4. The van der Waals surface area contributed by atoms with Crippen LogP contribution in [0.4, 0.5) is 5.69 Å². The van der Waals surface area contributed by atoms with Gasteiger partial charge in [0.25, 0.3) is 0 Å². The molecule has 1 aromatic heterocycles. The Kier molecular flexibility index (Phi) is 4.71. The third kappa shape index (κ3) is 3.64. The van der Waals surface area contributed by atoms with E-state index in [0.717, 1.165) is 24.0 Å². The van der Waals surface area contributed by atoms with Crippen LogP contribution in [0.2, 0.25) is 0 Å². The summed E-state index contributed by atoms with van der Waals surface area (Å²) in [6, 6.07) is 6.56. The number of thiazole rings is 1. The Hall–Kier alpha value is -1.20. The standard InChI is InChI=1S/C14H19N3S2/c1-4-9(3)15-14(18)16-10-6-7-11-12(8-10)19-13(5-2)17-11/h6-9H,4-5H2,1-3H3,(H2,15,16,18). The summed E-state index contributed by atoms with van der Waals surface area (Å²) >= 11 is 7.04. The summed E-state index contributed by atoms with van der Waals surface area (Å²) < 4.78 is 1.20. The van der Waals surface area contributed by atoms with E-state index in [4.69, 9.17) is 12.2 Å². The maximum absolute atomic E-state index is 5.29. The minimum Gasteiger partial charge on any atom is -0.360 e. The van der Waals surface area contributed by atoms with Gasteiger partial charge >= 0.3 is 0 Å². The Morgan fingerprint density at radius 3 is 2.89 bits per heavy atom. The molecule has 2 aromatic rings. The highest BCUT2D eigenvalue weighted by Gasteiger charge is 2.05. The van der Waals surface area contributed by atoms with Crippen LogP contribution in [0.3, 0.4) is 0 Å². The Morgan fingerprint density at radius 2 is 2.21 bits per heavy atom. The zero-order chi connectivity index (χ0) is 13.8. The van der Waals surface area contributed by atoms with Crippen LogP contribution >= 0.6 is 23.6 Å². The smallest absolute Gasteiger partial charge is 0.170 e. The Morgan fingerprint density at radius 1 is 1.42 bits per heavy atom.